The van der Waals surface area contributed by atoms with Gasteiger partial charge < -0.3 is 15.4 Å². The summed E-state index contributed by atoms with van der Waals surface area (Å²) in [7, 11) is 0. The van der Waals surface area contributed by atoms with Crippen LogP contribution in [0, 0.1) is 5.92 Å². The highest BCUT2D eigenvalue weighted by Gasteiger charge is 2.20. The summed E-state index contributed by atoms with van der Waals surface area (Å²) in [5, 5.41) is 6.63. The summed E-state index contributed by atoms with van der Waals surface area (Å²) < 4.78 is 5.60. The molecular formula is C17H27N3O. The molecule has 1 aliphatic carbocycles. The van der Waals surface area contributed by atoms with Gasteiger partial charge in [-0.3, -0.25) is 4.99 Å². The number of hydrogen-bond acceptors (Lipinski definition) is 2. The molecular weight excluding hydrogens is 262 g/mol. The zero-order chi connectivity index (χ0) is 14.8. The second-order valence-corrected chi connectivity index (χ2v) is 5.44. The lowest BCUT2D eigenvalue weighted by Crippen LogP contribution is -2.38. The van der Waals surface area contributed by atoms with Crippen molar-refractivity contribution in [2.45, 2.75) is 26.2 Å². The number of nitrogens with one attached hydrogen (secondary N) is 2. The van der Waals surface area contributed by atoms with Crippen LogP contribution in [0.1, 0.15) is 25.3 Å². The molecule has 1 aromatic carbocycles. The number of nitrogens with zero attached hydrogens (tertiary/aromatic N) is 1. The number of ether oxygens (including phenoxy) is 1. The maximum absolute atomic E-state index is 5.60. The summed E-state index contributed by atoms with van der Waals surface area (Å²) in [5.74, 6) is 1.70. The third-order valence-electron chi connectivity index (χ3n) is 3.45. The molecule has 4 heteroatoms. The first kappa shape index (κ1) is 15.8. The summed E-state index contributed by atoms with van der Waals surface area (Å²) in [4.78, 5) is 4.53. The van der Waals surface area contributed by atoms with Gasteiger partial charge in [0.2, 0.25) is 0 Å². The number of guanidine groups is 1. The SMILES string of the molecule is CCNC(=NCCOCC1CC1)NCCc1ccccc1. The number of rotatable bonds is 9. The first-order chi connectivity index (χ1) is 10.4. The van der Waals surface area contributed by atoms with Crippen molar-refractivity contribution >= 4 is 5.96 Å². The van der Waals surface area contributed by atoms with Gasteiger partial charge in [-0.2, -0.15) is 0 Å². The minimum atomic E-state index is 0.714. The topological polar surface area (TPSA) is 45.7 Å². The van der Waals surface area contributed by atoms with Gasteiger partial charge in [-0.15, -0.1) is 0 Å². The Balaban J connectivity index is 1.62. The van der Waals surface area contributed by atoms with Gasteiger partial charge in [0, 0.05) is 19.7 Å². The molecule has 0 bridgehead atoms. The van der Waals surface area contributed by atoms with Crippen molar-refractivity contribution in [3.63, 3.8) is 0 Å². The molecule has 0 spiro atoms. The Kier molecular flexibility index (Phi) is 7.08. The van der Waals surface area contributed by atoms with Crippen molar-refractivity contribution in [1.82, 2.24) is 10.6 Å². The monoisotopic (exact) mass is 289 g/mol. The zero-order valence-corrected chi connectivity index (χ0v) is 13.0. The van der Waals surface area contributed by atoms with Crippen LogP contribution in [0.4, 0.5) is 0 Å². The third kappa shape index (κ3) is 7.14. The highest BCUT2D eigenvalue weighted by atomic mass is 16.5. The van der Waals surface area contributed by atoms with Crippen LogP contribution in [-0.2, 0) is 11.2 Å². The van der Waals surface area contributed by atoms with Gasteiger partial charge in [0.25, 0.3) is 0 Å². The Morgan fingerprint density at radius 1 is 1.24 bits per heavy atom. The summed E-state index contributed by atoms with van der Waals surface area (Å²) in [5.41, 5.74) is 1.34. The quantitative estimate of drug-likeness (QED) is 0.416. The molecule has 0 aliphatic heterocycles. The van der Waals surface area contributed by atoms with Gasteiger partial charge in [0.05, 0.1) is 13.2 Å². The molecule has 0 radical (unpaired) electrons. The Morgan fingerprint density at radius 2 is 2.05 bits per heavy atom. The van der Waals surface area contributed by atoms with E-state index in [4.69, 9.17) is 4.74 Å². The molecule has 1 aromatic rings. The highest BCUT2D eigenvalue weighted by Crippen LogP contribution is 2.28. The fraction of sp³-hybridized carbons (Fsp3) is 0.588. The fourth-order valence-corrected chi connectivity index (χ4v) is 2.07. The van der Waals surface area contributed by atoms with E-state index in [2.05, 4.69) is 46.8 Å². The van der Waals surface area contributed by atoms with Gasteiger partial charge in [-0.1, -0.05) is 30.3 Å². The van der Waals surface area contributed by atoms with E-state index < -0.39 is 0 Å². The Labute approximate surface area is 128 Å². The Morgan fingerprint density at radius 3 is 2.76 bits per heavy atom. The molecule has 0 unspecified atom stereocenters. The molecule has 4 nitrogen and oxygen atoms in total. The average molecular weight is 289 g/mol. The fourth-order valence-electron chi connectivity index (χ4n) is 2.07. The van der Waals surface area contributed by atoms with Crippen LogP contribution in [0.3, 0.4) is 0 Å². The van der Waals surface area contributed by atoms with E-state index in [1.54, 1.807) is 0 Å². The largest absolute Gasteiger partial charge is 0.379 e. The third-order valence-corrected chi connectivity index (χ3v) is 3.45. The second-order valence-electron chi connectivity index (χ2n) is 5.44. The Hall–Kier alpha value is -1.55. The normalized spacial score (nSPS) is 15.0. The maximum Gasteiger partial charge on any atom is 0.191 e. The van der Waals surface area contributed by atoms with E-state index in [0.29, 0.717) is 13.2 Å². The summed E-state index contributed by atoms with van der Waals surface area (Å²) >= 11 is 0. The lowest BCUT2D eigenvalue weighted by atomic mass is 10.1. The molecule has 1 aliphatic rings. The molecule has 1 saturated carbocycles. The summed E-state index contributed by atoms with van der Waals surface area (Å²) in [6, 6.07) is 10.5. The van der Waals surface area contributed by atoms with Gasteiger partial charge in [0.1, 0.15) is 0 Å². The maximum atomic E-state index is 5.60. The van der Waals surface area contributed by atoms with Crippen molar-refractivity contribution in [1.29, 1.82) is 0 Å². The zero-order valence-electron chi connectivity index (χ0n) is 13.0. The minimum absolute atomic E-state index is 0.714. The van der Waals surface area contributed by atoms with Crippen LogP contribution < -0.4 is 10.6 Å². The van der Waals surface area contributed by atoms with Gasteiger partial charge >= 0.3 is 0 Å². The van der Waals surface area contributed by atoms with Crippen LogP contribution in [0.15, 0.2) is 35.3 Å². The molecule has 0 amide bonds. The van der Waals surface area contributed by atoms with Crippen LogP contribution in [0.2, 0.25) is 0 Å². The standard InChI is InChI=1S/C17H27N3O/c1-2-18-17(20-12-13-21-14-16-8-9-16)19-11-10-15-6-4-3-5-7-15/h3-7,16H,2,8-14H2,1H3,(H2,18,19,20). The summed E-state index contributed by atoms with van der Waals surface area (Å²) in [6.07, 6.45) is 3.68. The molecule has 0 atom stereocenters. The number of aliphatic imine (C=N–C) groups is 1. The number of benzene rings is 1. The Bertz CT molecular complexity index is 415. The lowest BCUT2D eigenvalue weighted by Gasteiger charge is -2.11. The molecule has 1 fully saturated rings. The van der Waals surface area contributed by atoms with Crippen molar-refractivity contribution in [3.05, 3.63) is 35.9 Å². The highest BCUT2D eigenvalue weighted by molar-refractivity contribution is 5.79. The molecule has 0 heterocycles. The van der Waals surface area contributed by atoms with E-state index in [-0.39, 0.29) is 0 Å². The van der Waals surface area contributed by atoms with E-state index in [9.17, 15) is 0 Å². The lowest BCUT2D eigenvalue weighted by molar-refractivity contribution is 0.131. The van der Waals surface area contributed by atoms with E-state index in [0.717, 1.165) is 38.0 Å². The van der Waals surface area contributed by atoms with Crippen LogP contribution in [0.5, 0.6) is 0 Å². The second kappa shape index (κ2) is 9.40. The molecule has 0 aromatic heterocycles. The van der Waals surface area contributed by atoms with Gasteiger partial charge in [0.15, 0.2) is 5.96 Å². The van der Waals surface area contributed by atoms with Crippen molar-refractivity contribution < 1.29 is 4.74 Å². The molecule has 21 heavy (non-hydrogen) atoms. The van der Waals surface area contributed by atoms with E-state index in [1.165, 1.54) is 18.4 Å². The molecule has 0 saturated heterocycles. The first-order valence-corrected chi connectivity index (χ1v) is 8.02. The van der Waals surface area contributed by atoms with Crippen molar-refractivity contribution in [2.75, 3.05) is 32.8 Å². The molecule has 2 rings (SSSR count). The molecule has 116 valence electrons. The predicted molar refractivity (Wildman–Crippen MR) is 87.7 cm³/mol. The predicted octanol–water partition coefficient (Wildman–Crippen LogP) is 2.21. The van der Waals surface area contributed by atoms with Gasteiger partial charge in [-0.05, 0) is 37.7 Å². The smallest absolute Gasteiger partial charge is 0.191 e. The van der Waals surface area contributed by atoms with Crippen molar-refractivity contribution in [3.8, 4) is 0 Å². The summed E-state index contributed by atoms with van der Waals surface area (Å²) in [6.45, 7) is 6.18. The van der Waals surface area contributed by atoms with Gasteiger partial charge in [-0.25, -0.2) is 0 Å². The average Bonchev–Trinajstić information content (AvgIpc) is 3.32. The molecule has 2 N–H and O–H groups in total. The van der Waals surface area contributed by atoms with E-state index >= 15 is 0 Å². The van der Waals surface area contributed by atoms with Crippen molar-refractivity contribution in [2.24, 2.45) is 10.9 Å². The van der Waals surface area contributed by atoms with Crippen LogP contribution in [0.25, 0.3) is 0 Å². The van der Waals surface area contributed by atoms with E-state index in [1.807, 2.05) is 6.07 Å². The van der Waals surface area contributed by atoms with Crippen LogP contribution in [-0.4, -0.2) is 38.8 Å². The minimum Gasteiger partial charge on any atom is -0.379 e. The first-order valence-electron chi connectivity index (χ1n) is 8.02. The van der Waals surface area contributed by atoms with Crippen LogP contribution >= 0.6 is 0 Å². The number of hydrogen-bond donors (Lipinski definition) is 2.